The largest absolute Gasteiger partial charge is 0.331 e. The van der Waals surface area contributed by atoms with E-state index in [0.29, 0.717) is 5.41 Å². The molecule has 0 aliphatic carbocycles. The van der Waals surface area contributed by atoms with Crippen molar-refractivity contribution in [2.45, 2.75) is 59.4 Å². The Labute approximate surface area is 106 Å². The van der Waals surface area contributed by atoms with Gasteiger partial charge in [-0.25, -0.2) is 4.98 Å². The van der Waals surface area contributed by atoms with E-state index in [1.165, 1.54) is 32.1 Å². The Balaban J connectivity index is 2.45. The van der Waals surface area contributed by atoms with Crippen LogP contribution in [0, 0.1) is 5.41 Å². The zero-order chi connectivity index (χ0) is 12.7. The number of imidazole rings is 1. The number of nitrogens with zero attached hydrogens (tertiary/aromatic N) is 2. The van der Waals surface area contributed by atoms with Crippen molar-refractivity contribution < 1.29 is 0 Å². The Bertz CT molecular complexity index is 336. The Morgan fingerprint density at radius 2 is 2.12 bits per heavy atom. The topological polar surface area (TPSA) is 17.8 Å². The minimum atomic E-state index is 0.339. The molecule has 0 saturated carbocycles. The van der Waals surface area contributed by atoms with Crippen LogP contribution in [0.1, 0.15) is 58.7 Å². The van der Waals surface area contributed by atoms with Gasteiger partial charge in [0.25, 0.3) is 0 Å². The molecule has 17 heavy (non-hydrogen) atoms. The minimum Gasteiger partial charge on any atom is -0.331 e. The summed E-state index contributed by atoms with van der Waals surface area (Å²) in [6, 6.07) is 0. The Hall–Kier alpha value is -1.05. The zero-order valence-corrected chi connectivity index (χ0v) is 11.6. The first kappa shape index (κ1) is 14.0. The zero-order valence-electron chi connectivity index (χ0n) is 11.6. The summed E-state index contributed by atoms with van der Waals surface area (Å²) in [7, 11) is 0. The highest BCUT2D eigenvalue weighted by atomic mass is 15.1. The molecule has 0 atom stereocenters. The predicted octanol–water partition coefficient (Wildman–Crippen LogP) is 4.52. The van der Waals surface area contributed by atoms with Crippen molar-refractivity contribution >= 4 is 6.08 Å². The average Bonchev–Trinajstić information content (AvgIpc) is 2.71. The third-order valence-corrected chi connectivity index (χ3v) is 3.24. The molecule has 0 aliphatic heterocycles. The molecule has 0 N–H and O–H groups in total. The third kappa shape index (κ3) is 4.76. The van der Waals surface area contributed by atoms with E-state index in [1.807, 2.05) is 18.5 Å². The first-order chi connectivity index (χ1) is 8.09. The van der Waals surface area contributed by atoms with Gasteiger partial charge in [0.15, 0.2) is 0 Å². The molecule has 0 amide bonds. The quantitative estimate of drug-likeness (QED) is 0.605. The summed E-state index contributed by atoms with van der Waals surface area (Å²) in [6.07, 6.45) is 12.4. The summed E-state index contributed by atoms with van der Waals surface area (Å²) in [6.45, 7) is 11.8. The number of unbranched alkanes of at least 4 members (excludes halogenated alkanes) is 3. The van der Waals surface area contributed by atoms with Crippen LogP contribution in [0.3, 0.4) is 0 Å². The summed E-state index contributed by atoms with van der Waals surface area (Å²) < 4.78 is 2.20. The van der Waals surface area contributed by atoms with Crippen LogP contribution in [0.5, 0.6) is 0 Å². The van der Waals surface area contributed by atoms with Crippen LogP contribution in [0.2, 0.25) is 0 Å². The van der Waals surface area contributed by atoms with E-state index in [2.05, 4.69) is 36.9 Å². The van der Waals surface area contributed by atoms with Crippen molar-refractivity contribution in [1.29, 1.82) is 0 Å². The van der Waals surface area contributed by atoms with Crippen molar-refractivity contribution in [3.05, 3.63) is 24.8 Å². The van der Waals surface area contributed by atoms with Gasteiger partial charge in [0.1, 0.15) is 5.82 Å². The van der Waals surface area contributed by atoms with Gasteiger partial charge in [0.05, 0.1) is 0 Å². The fourth-order valence-electron chi connectivity index (χ4n) is 2.21. The van der Waals surface area contributed by atoms with Crippen LogP contribution < -0.4 is 0 Å². The van der Waals surface area contributed by atoms with Crippen molar-refractivity contribution in [2.75, 3.05) is 0 Å². The standard InChI is InChI=1S/C15H26N2/c1-5-7-8-9-10-15(3,4)13-17-12-11-16-14(17)6-2/h6,11-12H,2,5,7-10,13H2,1,3-4H3. The number of hydrogen-bond acceptors (Lipinski definition) is 1. The van der Waals surface area contributed by atoms with E-state index in [-0.39, 0.29) is 0 Å². The minimum absolute atomic E-state index is 0.339. The van der Waals surface area contributed by atoms with Gasteiger partial charge in [-0.2, -0.15) is 0 Å². The monoisotopic (exact) mass is 234 g/mol. The maximum Gasteiger partial charge on any atom is 0.131 e. The van der Waals surface area contributed by atoms with E-state index in [0.717, 1.165) is 12.4 Å². The lowest BCUT2D eigenvalue weighted by Crippen LogP contribution is -2.20. The first-order valence-electron chi connectivity index (χ1n) is 6.72. The number of hydrogen-bond donors (Lipinski definition) is 0. The van der Waals surface area contributed by atoms with Gasteiger partial charge >= 0.3 is 0 Å². The van der Waals surface area contributed by atoms with Crippen LogP contribution in [-0.4, -0.2) is 9.55 Å². The van der Waals surface area contributed by atoms with Crippen LogP contribution in [0.25, 0.3) is 6.08 Å². The fraction of sp³-hybridized carbons (Fsp3) is 0.667. The molecule has 0 fully saturated rings. The summed E-state index contributed by atoms with van der Waals surface area (Å²) in [4.78, 5) is 4.27. The SMILES string of the molecule is C=Cc1nccn1CC(C)(C)CCCCCC. The Morgan fingerprint density at radius 3 is 2.76 bits per heavy atom. The molecule has 2 nitrogen and oxygen atoms in total. The van der Waals surface area contributed by atoms with E-state index in [4.69, 9.17) is 0 Å². The van der Waals surface area contributed by atoms with E-state index in [9.17, 15) is 0 Å². The summed E-state index contributed by atoms with van der Waals surface area (Å²) in [5, 5.41) is 0. The van der Waals surface area contributed by atoms with Gasteiger partial charge in [-0.15, -0.1) is 0 Å². The molecule has 0 saturated heterocycles. The molecule has 0 unspecified atom stereocenters. The second-order valence-corrected chi connectivity index (χ2v) is 5.59. The molecule has 0 spiro atoms. The molecule has 0 bridgehead atoms. The highest BCUT2D eigenvalue weighted by Crippen LogP contribution is 2.26. The lowest BCUT2D eigenvalue weighted by molar-refractivity contribution is 0.270. The second kappa shape index (κ2) is 6.63. The number of aromatic nitrogens is 2. The van der Waals surface area contributed by atoms with Crippen LogP contribution in [-0.2, 0) is 6.54 Å². The summed E-state index contributed by atoms with van der Waals surface area (Å²) in [5.41, 5.74) is 0.339. The second-order valence-electron chi connectivity index (χ2n) is 5.59. The molecule has 1 aromatic heterocycles. The molecule has 0 aliphatic rings. The smallest absolute Gasteiger partial charge is 0.131 e. The molecule has 2 heteroatoms. The predicted molar refractivity (Wildman–Crippen MR) is 74.9 cm³/mol. The van der Waals surface area contributed by atoms with Gasteiger partial charge in [-0.05, 0) is 17.9 Å². The molecule has 1 rings (SSSR count). The molecule has 1 heterocycles. The lowest BCUT2D eigenvalue weighted by Gasteiger charge is -2.25. The summed E-state index contributed by atoms with van der Waals surface area (Å²) in [5.74, 6) is 0.978. The highest BCUT2D eigenvalue weighted by Gasteiger charge is 2.18. The van der Waals surface area contributed by atoms with Crippen LogP contribution in [0.4, 0.5) is 0 Å². The molecule has 0 radical (unpaired) electrons. The van der Waals surface area contributed by atoms with Gasteiger partial charge in [-0.3, -0.25) is 0 Å². The summed E-state index contributed by atoms with van der Waals surface area (Å²) >= 11 is 0. The molecule has 0 aromatic carbocycles. The first-order valence-corrected chi connectivity index (χ1v) is 6.72. The fourth-order valence-corrected chi connectivity index (χ4v) is 2.21. The Kier molecular flexibility index (Phi) is 5.46. The average molecular weight is 234 g/mol. The van der Waals surface area contributed by atoms with E-state index in [1.54, 1.807) is 0 Å². The van der Waals surface area contributed by atoms with Gasteiger partial charge in [-0.1, -0.05) is 53.0 Å². The van der Waals surface area contributed by atoms with E-state index < -0.39 is 0 Å². The molecule has 96 valence electrons. The van der Waals surface area contributed by atoms with E-state index >= 15 is 0 Å². The maximum absolute atomic E-state index is 4.27. The Morgan fingerprint density at radius 1 is 1.35 bits per heavy atom. The van der Waals surface area contributed by atoms with Crippen LogP contribution in [0.15, 0.2) is 19.0 Å². The molecular weight excluding hydrogens is 208 g/mol. The van der Waals surface area contributed by atoms with Gasteiger partial charge < -0.3 is 4.57 Å². The maximum atomic E-state index is 4.27. The van der Waals surface area contributed by atoms with Crippen molar-refractivity contribution in [3.8, 4) is 0 Å². The number of rotatable bonds is 8. The van der Waals surface area contributed by atoms with Crippen LogP contribution >= 0.6 is 0 Å². The normalized spacial score (nSPS) is 11.7. The molecular formula is C15H26N2. The van der Waals surface area contributed by atoms with Gasteiger partial charge in [0, 0.05) is 18.9 Å². The van der Waals surface area contributed by atoms with Crippen molar-refractivity contribution in [2.24, 2.45) is 5.41 Å². The molecule has 1 aromatic rings. The third-order valence-electron chi connectivity index (χ3n) is 3.24. The highest BCUT2D eigenvalue weighted by molar-refractivity contribution is 5.36. The van der Waals surface area contributed by atoms with Crippen molar-refractivity contribution in [3.63, 3.8) is 0 Å². The lowest BCUT2D eigenvalue weighted by atomic mass is 9.86. The van der Waals surface area contributed by atoms with Gasteiger partial charge in [0.2, 0.25) is 0 Å². The van der Waals surface area contributed by atoms with Crippen molar-refractivity contribution in [1.82, 2.24) is 9.55 Å².